The average molecular weight is 352 g/mol. The van der Waals surface area contributed by atoms with Gasteiger partial charge in [0.05, 0.1) is 5.69 Å². The Morgan fingerprint density at radius 3 is 2.69 bits per heavy atom. The van der Waals surface area contributed by atoms with Gasteiger partial charge in [0.15, 0.2) is 0 Å². The predicted octanol–water partition coefficient (Wildman–Crippen LogP) is 3.12. The minimum absolute atomic E-state index is 0.500. The second kappa shape index (κ2) is 7.74. The van der Waals surface area contributed by atoms with Crippen LogP contribution in [-0.2, 0) is 6.42 Å². The van der Waals surface area contributed by atoms with Crippen LogP contribution in [-0.4, -0.2) is 22.0 Å². The van der Waals surface area contributed by atoms with Crippen LogP contribution in [0.5, 0.6) is 0 Å². The van der Waals surface area contributed by atoms with E-state index in [0.29, 0.717) is 23.1 Å². The minimum atomic E-state index is 0.500. The smallest absolute Gasteiger partial charge is 0.147 e. The van der Waals surface area contributed by atoms with Crippen LogP contribution in [0.25, 0.3) is 5.70 Å². The Balaban J connectivity index is 1.90. The Labute approximate surface area is 155 Å². The largest absolute Gasteiger partial charge is 0.394 e. The third-order valence-electron chi connectivity index (χ3n) is 4.68. The monoisotopic (exact) mass is 352 g/mol. The molecule has 0 atom stereocenters. The summed E-state index contributed by atoms with van der Waals surface area (Å²) in [6.07, 6.45) is 6.43. The molecule has 6 nitrogen and oxygen atoms in total. The van der Waals surface area contributed by atoms with Gasteiger partial charge in [0.1, 0.15) is 17.3 Å². The maximum absolute atomic E-state index is 6.40. The molecule has 2 aromatic heterocycles. The molecule has 2 aromatic rings. The van der Waals surface area contributed by atoms with Crippen molar-refractivity contribution in [2.45, 2.75) is 45.4 Å². The van der Waals surface area contributed by atoms with Gasteiger partial charge in [-0.15, -0.1) is 0 Å². The molecule has 1 aliphatic rings. The van der Waals surface area contributed by atoms with Gasteiger partial charge in [0.2, 0.25) is 0 Å². The predicted molar refractivity (Wildman–Crippen MR) is 106 cm³/mol. The summed E-state index contributed by atoms with van der Waals surface area (Å²) in [5.74, 6) is 8.01. The second-order valence-electron chi connectivity index (χ2n) is 6.94. The van der Waals surface area contributed by atoms with Crippen LogP contribution in [0.2, 0.25) is 0 Å². The van der Waals surface area contributed by atoms with E-state index >= 15 is 0 Å². The maximum Gasteiger partial charge on any atom is 0.147 e. The standard InChI is InChI=1S/C20H28N6/c1-4-5-14-8-9-17(24-13(14)2)19(21)20(26(3)22)25-18-12-16(10-11-23-18)15-6-7-15/h8-12,15H,4-7,21-22H2,1-3H3,(H,23,25)/b20-19-. The first-order valence-corrected chi connectivity index (χ1v) is 9.17. The number of nitrogens with zero attached hydrogens (tertiary/aromatic N) is 3. The van der Waals surface area contributed by atoms with Gasteiger partial charge < -0.3 is 11.1 Å². The number of nitrogens with two attached hydrogens (primary N) is 2. The lowest BCUT2D eigenvalue weighted by atomic mass is 10.1. The summed E-state index contributed by atoms with van der Waals surface area (Å²) in [6.45, 7) is 4.18. The summed E-state index contributed by atoms with van der Waals surface area (Å²) in [6, 6.07) is 8.18. The van der Waals surface area contributed by atoms with Crippen molar-refractivity contribution in [1.29, 1.82) is 0 Å². The van der Waals surface area contributed by atoms with Gasteiger partial charge >= 0.3 is 0 Å². The third-order valence-corrected chi connectivity index (χ3v) is 4.68. The summed E-state index contributed by atoms with van der Waals surface area (Å²) in [5, 5.41) is 4.73. The first-order valence-electron chi connectivity index (χ1n) is 9.17. The Kier molecular flexibility index (Phi) is 5.42. The third kappa shape index (κ3) is 4.14. The molecule has 0 bridgehead atoms. The summed E-state index contributed by atoms with van der Waals surface area (Å²) < 4.78 is 0. The van der Waals surface area contributed by atoms with Crippen LogP contribution < -0.4 is 16.9 Å². The van der Waals surface area contributed by atoms with Crippen molar-refractivity contribution < 1.29 is 0 Å². The minimum Gasteiger partial charge on any atom is -0.394 e. The number of aromatic nitrogens is 2. The zero-order chi connectivity index (χ0) is 18.7. The number of rotatable bonds is 7. The Morgan fingerprint density at radius 2 is 2.08 bits per heavy atom. The van der Waals surface area contributed by atoms with Gasteiger partial charge in [0, 0.05) is 18.9 Å². The highest BCUT2D eigenvalue weighted by Crippen LogP contribution is 2.40. The molecule has 3 rings (SSSR count). The molecule has 0 radical (unpaired) electrons. The lowest BCUT2D eigenvalue weighted by Crippen LogP contribution is -2.32. The highest BCUT2D eigenvalue weighted by molar-refractivity contribution is 5.66. The van der Waals surface area contributed by atoms with Crippen molar-refractivity contribution >= 4 is 11.5 Å². The number of hydrazine groups is 1. The molecule has 1 fully saturated rings. The van der Waals surface area contributed by atoms with Crippen LogP contribution in [0.3, 0.4) is 0 Å². The molecule has 0 aliphatic heterocycles. The van der Waals surface area contributed by atoms with Gasteiger partial charge in [-0.05, 0) is 61.4 Å². The van der Waals surface area contributed by atoms with Crippen LogP contribution in [0.4, 0.5) is 5.82 Å². The summed E-state index contributed by atoms with van der Waals surface area (Å²) in [7, 11) is 1.75. The number of pyridine rings is 2. The maximum atomic E-state index is 6.40. The van der Waals surface area contributed by atoms with E-state index in [2.05, 4.69) is 40.4 Å². The summed E-state index contributed by atoms with van der Waals surface area (Å²) in [5.41, 5.74) is 11.2. The molecule has 0 aromatic carbocycles. The molecule has 0 amide bonds. The first-order chi connectivity index (χ1) is 12.5. The van der Waals surface area contributed by atoms with Crippen LogP contribution in [0, 0.1) is 6.92 Å². The zero-order valence-electron chi connectivity index (χ0n) is 15.8. The topological polar surface area (TPSA) is 93.1 Å². The average Bonchev–Trinajstić information content (AvgIpc) is 3.46. The van der Waals surface area contributed by atoms with E-state index in [4.69, 9.17) is 11.6 Å². The Morgan fingerprint density at radius 1 is 1.31 bits per heavy atom. The fourth-order valence-electron chi connectivity index (χ4n) is 3.05. The molecule has 2 heterocycles. The Hall–Kier alpha value is -2.60. The number of hydrogen-bond acceptors (Lipinski definition) is 6. The lowest BCUT2D eigenvalue weighted by Gasteiger charge is -2.21. The number of hydrogen-bond donors (Lipinski definition) is 3. The van der Waals surface area contributed by atoms with Gasteiger partial charge in [-0.1, -0.05) is 19.4 Å². The van der Waals surface area contributed by atoms with E-state index < -0.39 is 0 Å². The Bertz CT molecular complexity index is 808. The van der Waals surface area contributed by atoms with E-state index in [1.807, 2.05) is 19.2 Å². The molecule has 6 heteroatoms. The van der Waals surface area contributed by atoms with Crippen LogP contribution in [0.15, 0.2) is 36.3 Å². The lowest BCUT2D eigenvalue weighted by molar-refractivity contribution is 0.446. The van der Waals surface area contributed by atoms with Gasteiger partial charge in [-0.3, -0.25) is 9.99 Å². The van der Waals surface area contributed by atoms with Crippen LogP contribution in [0.1, 0.15) is 54.6 Å². The molecule has 138 valence electrons. The summed E-state index contributed by atoms with van der Waals surface area (Å²) in [4.78, 5) is 9.07. The summed E-state index contributed by atoms with van der Waals surface area (Å²) >= 11 is 0. The highest BCUT2D eigenvalue weighted by atomic mass is 15.4. The van der Waals surface area contributed by atoms with Crippen molar-refractivity contribution in [3.8, 4) is 0 Å². The van der Waals surface area contributed by atoms with Crippen LogP contribution >= 0.6 is 0 Å². The van der Waals surface area contributed by atoms with Gasteiger partial charge in [-0.2, -0.15) is 0 Å². The molecule has 0 unspecified atom stereocenters. The normalized spacial score (nSPS) is 14.8. The first kappa shape index (κ1) is 18.2. The molecular weight excluding hydrogens is 324 g/mol. The van der Waals surface area contributed by atoms with E-state index in [-0.39, 0.29) is 0 Å². The second-order valence-corrected chi connectivity index (χ2v) is 6.94. The molecule has 0 spiro atoms. The fraction of sp³-hybridized carbons (Fsp3) is 0.400. The molecular formula is C20H28N6. The van der Waals surface area contributed by atoms with Crippen molar-refractivity contribution in [2.24, 2.45) is 11.6 Å². The fourth-order valence-corrected chi connectivity index (χ4v) is 3.05. The van der Waals surface area contributed by atoms with E-state index in [1.165, 1.54) is 29.0 Å². The molecule has 5 N–H and O–H groups in total. The van der Waals surface area contributed by atoms with Crippen molar-refractivity contribution in [3.05, 3.63) is 58.8 Å². The number of nitrogens with one attached hydrogen (secondary N) is 1. The number of aryl methyl sites for hydroxylation is 2. The highest BCUT2D eigenvalue weighted by Gasteiger charge is 2.24. The number of anilines is 1. The molecule has 0 saturated heterocycles. The van der Waals surface area contributed by atoms with Gasteiger partial charge in [-0.25, -0.2) is 10.8 Å². The van der Waals surface area contributed by atoms with E-state index in [0.717, 1.165) is 24.4 Å². The molecule has 1 saturated carbocycles. The zero-order valence-corrected chi connectivity index (χ0v) is 15.8. The quantitative estimate of drug-likeness (QED) is 0.524. The SMILES string of the molecule is CCCc1ccc(/C(N)=C(\Nc2cc(C3CC3)ccn2)N(C)N)nc1C. The van der Waals surface area contributed by atoms with Crippen molar-refractivity contribution in [1.82, 2.24) is 15.0 Å². The van der Waals surface area contributed by atoms with Gasteiger partial charge in [0.25, 0.3) is 0 Å². The van der Waals surface area contributed by atoms with E-state index in [1.54, 1.807) is 7.05 Å². The van der Waals surface area contributed by atoms with Crippen molar-refractivity contribution in [3.63, 3.8) is 0 Å². The van der Waals surface area contributed by atoms with Crippen molar-refractivity contribution in [2.75, 3.05) is 12.4 Å². The van der Waals surface area contributed by atoms with E-state index in [9.17, 15) is 0 Å². The molecule has 1 aliphatic carbocycles. The molecule has 26 heavy (non-hydrogen) atoms.